The number of para-hydroxylation sites is 2. The first kappa shape index (κ1) is 28.1. The van der Waals surface area contributed by atoms with Crippen LogP contribution in [0.1, 0.15) is 5.56 Å². The Morgan fingerprint density at radius 2 is 1.10 bits per heavy atom. The van der Waals surface area contributed by atoms with Crippen molar-refractivity contribution in [2.45, 2.75) is 6.54 Å². The van der Waals surface area contributed by atoms with Crippen molar-refractivity contribution in [3.63, 3.8) is 0 Å². The summed E-state index contributed by atoms with van der Waals surface area (Å²) in [6, 6.07) is 31.1. The predicted molar refractivity (Wildman–Crippen MR) is 178 cm³/mol. The second-order valence-electron chi connectivity index (χ2n) is 10.4. The Kier molecular flexibility index (Phi) is 8.86. The molecule has 0 aliphatic carbocycles. The molecule has 0 amide bonds. The number of hydrogen-bond acceptors (Lipinski definition) is 7. The number of nitrogens with zero attached hydrogens (tertiary/aromatic N) is 6. The standard InChI is InChI=1S/C32H35ClN8S/c33-28-14-8-7-9-25(28)24-34-32(42)37-31-35-29(40-19-15-38(16-20-40)26-10-3-1-4-11-26)23-30(36-31)41-21-17-39(18-22-41)27-12-5-2-6-13-27/h1-14,23H,15-22,24H2,(H2,34,35,36,37,42). The molecule has 216 valence electrons. The minimum Gasteiger partial charge on any atom is -0.368 e. The number of halogens is 1. The molecule has 0 saturated carbocycles. The second kappa shape index (κ2) is 13.3. The fourth-order valence-corrected chi connectivity index (χ4v) is 5.80. The van der Waals surface area contributed by atoms with Crippen LogP contribution < -0.4 is 30.2 Å². The first-order valence-electron chi connectivity index (χ1n) is 14.4. The summed E-state index contributed by atoms with van der Waals surface area (Å²) in [7, 11) is 0. The number of nitrogens with one attached hydrogen (secondary N) is 2. The number of anilines is 5. The van der Waals surface area contributed by atoms with Gasteiger partial charge in [0.2, 0.25) is 5.95 Å². The SMILES string of the molecule is S=C(NCc1ccccc1Cl)Nc1nc(N2CCN(c3ccccc3)CC2)cc(N2CCN(c3ccccc3)CC2)n1. The van der Waals surface area contributed by atoms with E-state index in [1.54, 1.807) is 0 Å². The summed E-state index contributed by atoms with van der Waals surface area (Å²) in [6.07, 6.45) is 0. The fourth-order valence-electron chi connectivity index (χ4n) is 5.43. The molecule has 42 heavy (non-hydrogen) atoms. The van der Waals surface area contributed by atoms with Gasteiger partial charge in [-0.15, -0.1) is 0 Å². The Hall–Kier alpha value is -4.08. The lowest BCUT2D eigenvalue weighted by Gasteiger charge is -2.38. The first-order valence-corrected chi connectivity index (χ1v) is 15.2. The van der Waals surface area contributed by atoms with Crippen LogP contribution in [-0.4, -0.2) is 67.4 Å². The maximum absolute atomic E-state index is 6.33. The van der Waals surface area contributed by atoms with Crippen LogP contribution >= 0.6 is 23.8 Å². The van der Waals surface area contributed by atoms with Crippen molar-refractivity contribution in [1.29, 1.82) is 0 Å². The van der Waals surface area contributed by atoms with E-state index in [4.69, 9.17) is 33.8 Å². The monoisotopic (exact) mass is 598 g/mol. The number of rotatable bonds is 7. The lowest BCUT2D eigenvalue weighted by Crippen LogP contribution is -2.48. The fraction of sp³-hybridized carbons (Fsp3) is 0.281. The minimum atomic E-state index is 0.459. The van der Waals surface area contributed by atoms with E-state index < -0.39 is 0 Å². The van der Waals surface area contributed by atoms with Crippen LogP contribution in [0.2, 0.25) is 5.02 Å². The van der Waals surface area contributed by atoms with Crippen LogP contribution in [0.3, 0.4) is 0 Å². The van der Waals surface area contributed by atoms with Crippen molar-refractivity contribution in [2.24, 2.45) is 0 Å². The van der Waals surface area contributed by atoms with E-state index in [0.29, 0.717) is 22.6 Å². The Balaban J connectivity index is 1.17. The Labute approximate surface area is 257 Å². The smallest absolute Gasteiger partial charge is 0.232 e. The van der Waals surface area contributed by atoms with Gasteiger partial charge in [-0.1, -0.05) is 66.2 Å². The normalized spacial score (nSPS) is 15.5. The summed E-state index contributed by atoms with van der Waals surface area (Å²) in [4.78, 5) is 19.4. The third-order valence-electron chi connectivity index (χ3n) is 7.77. The summed E-state index contributed by atoms with van der Waals surface area (Å²) in [5, 5.41) is 7.66. The van der Waals surface area contributed by atoms with E-state index in [1.165, 1.54) is 11.4 Å². The van der Waals surface area contributed by atoms with Crippen molar-refractivity contribution >= 4 is 57.9 Å². The van der Waals surface area contributed by atoms with Crippen molar-refractivity contribution in [1.82, 2.24) is 15.3 Å². The molecule has 0 atom stereocenters. The van der Waals surface area contributed by atoms with Crippen LogP contribution in [-0.2, 0) is 6.54 Å². The minimum absolute atomic E-state index is 0.459. The van der Waals surface area contributed by atoms with Gasteiger partial charge in [-0.25, -0.2) is 0 Å². The molecule has 0 spiro atoms. The van der Waals surface area contributed by atoms with E-state index in [-0.39, 0.29) is 0 Å². The van der Waals surface area contributed by atoms with E-state index in [9.17, 15) is 0 Å². The maximum atomic E-state index is 6.33. The molecule has 8 nitrogen and oxygen atoms in total. The molecule has 2 aliphatic rings. The molecule has 1 aromatic heterocycles. The van der Waals surface area contributed by atoms with Crippen LogP contribution in [0.25, 0.3) is 0 Å². The van der Waals surface area contributed by atoms with Gasteiger partial charge in [-0.3, -0.25) is 0 Å². The summed E-state index contributed by atoms with van der Waals surface area (Å²) in [6.45, 7) is 7.74. The van der Waals surface area contributed by atoms with Gasteiger partial charge in [0.1, 0.15) is 11.6 Å². The summed E-state index contributed by atoms with van der Waals surface area (Å²) >= 11 is 12.0. The van der Waals surface area contributed by atoms with E-state index in [1.807, 2.05) is 24.3 Å². The molecule has 2 saturated heterocycles. The summed E-state index contributed by atoms with van der Waals surface area (Å²) < 4.78 is 0. The average Bonchev–Trinajstić information content (AvgIpc) is 3.05. The van der Waals surface area contributed by atoms with Gasteiger partial charge in [-0.05, 0) is 48.1 Å². The Morgan fingerprint density at radius 3 is 1.60 bits per heavy atom. The van der Waals surface area contributed by atoms with Gasteiger partial charge in [0.15, 0.2) is 5.11 Å². The Bertz CT molecular complexity index is 1390. The molecule has 2 fully saturated rings. The van der Waals surface area contributed by atoms with Crippen molar-refractivity contribution < 1.29 is 0 Å². The molecule has 10 heteroatoms. The van der Waals surface area contributed by atoms with E-state index in [0.717, 1.165) is 69.6 Å². The summed E-state index contributed by atoms with van der Waals surface area (Å²) in [5.41, 5.74) is 3.49. The van der Waals surface area contributed by atoms with Crippen molar-refractivity contribution in [2.75, 3.05) is 77.3 Å². The zero-order valence-electron chi connectivity index (χ0n) is 23.5. The van der Waals surface area contributed by atoms with Gasteiger partial charge in [0.25, 0.3) is 0 Å². The molecule has 0 bridgehead atoms. The second-order valence-corrected chi connectivity index (χ2v) is 11.2. The average molecular weight is 599 g/mol. The van der Waals surface area contributed by atoms with Gasteiger partial charge in [-0.2, -0.15) is 9.97 Å². The first-order chi connectivity index (χ1) is 20.6. The zero-order chi connectivity index (χ0) is 28.7. The van der Waals surface area contributed by atoms with Crippen molar-refractivity contribution in [3.8, 4) is 0 Å². The highest BCUT2D eigenvalue weighted by molar-refractivity contribution is 7.80. The number of piperazine rings is 2. The van der Waals surface area contributed by atoms with Crippen LogP contribution in [0.5, 0.6) is 0 Å². The number of benzene rings is 3. The highest BCUT2D eigenvalue weighted by Crippen LogP contribution is 2.26. The van der Waals surface area contributed by atoms with Gasteiger partial charge in [0, 0.05) is 81.4 Å². The third-order valence-corrected chi connectivity index (χ3v) is 8.39. The molecule has 6 rings (SSSR count). The lowest BCUT2D eigenvalue weighted by molar-refractivity contribution is 0.639. The molecular formula is C32H35ClN8S. The molecule has 0 unspecified atom stereocenters. The number of aromatic nitrogens is 2. The van der Waals surface area contributed by atoms with Crippen LogP contribution in [0.15, 0.2) is 91.0 Å². The largest absolute Gasteiger partial charge is 0.368 e. The van der Waals surface area contributed by atoms with Gasteiger partial charge < -0.3 is 30.2 Å². The quantitative estimate of drug-likeness (QED) is 0.277. The highest BCUT2D eigenvalue weighted by atomic mass is 35.5. The van der Waals surface area contributed by atoms with E-state index in [2.05, 4.69) is 97.0 Å². The molecule has 0 radical (unpaired) electrons. The highest BCUT2D eigenvalue weighted by Gasteiger charge is 2.23. The number of hydrogen-bond donors (Lipinski definition) is 2. The topological polar surface area (TPSA) is 62.8 Å². The molecule has 2 N–H and O–H groups in total. The third kappa shape index (κ3) is 6.86. The van der Waals surface area contributed by atoms with Gasteiger partial charge >= 0.3 is 0 Å². The lowest BCUT2D eigenvalue weighted by atomic mass is 10.2. The molecule has 2 aliphatic heterocycles. The maximum Gasteiger partial charge on any atom is 0.232 e. The van der Waals surface area contributed by atoms with Gasteiger partial charge in [0.05, 0.1) is 0 Å². The molecule has 3 aromatic carbocycles. The summed E-state index contributed by atoms with van der Waals surface area (Å²) in [5.74, 6) is 2.32. The van der Waals surface area contributed by atoms with Crippen molar-refractivity contribution in [3.05, 3.63) is 102 Å². The van der Waals surface area contributed by atoms with E-state index >= 15 is 0 Å². The van der Waals surface area contributed by atoms with Crippen LogP contribution in [0.4, 0.5) is 29.0 Å². The molecular weight excluding hydrogens is 564 g/mol. The zero-order valence-corrected chi connectivity index (χ0v) is 25.1. The molecule has 3 heterocycles. The van der Waals surface area contributed by atoms with Crippen LogP contribution in [0, 0.1) is 0 Å². The number of thiocarbonyl (C=S) groups is 1. The molecule has 4 aromatic rings. The predicted octanol–water partition coefficient (Wildman–Crippen LogP) is 5.27. The Morgan fingerprint density at radius 1 is 0.643 bits per heavy atom.